The highest BCUT2D eigenvalue weighted by molar-refractivity contribution is 7.89. The third kappa shape index (κ3) is 8.31. The van der Waals surface area contributed by atoms with E-state index in [-0.39, 0.29) is 10.9 Å². The van der Waals surface area contributed by atoms with Gasteiger partial charge >= 0.3 is 6.03 Å². The number of piperazine rings is 1. The molecule has 3 aromatic rings. The molecule has 0 radical (unpaired) electrons. The average Bonchev–Trinajstić information content (AvgIpc) is 3.52. The number of amidine groups is 1. The molecule has 3 aromatic carbocycles. The molecule has 274 valence electrons. The number of hydrogen-bond donors (Lipinski definition) is 0. The first-order valence-electron chi connectivity index (χ1n) is 17.4. The molecule has 0 N–H and O–H groups in total. The van der Waals surface area contributed by atoms with E-state index < -0.39 is 32.9 Å². The van der Waals surface area contributed by atoms with Gasteiger partial charge in [0.05, 0.1) is 23.1 Å². The third-order valence-corrected chi connectivity index (χ3v) is 13.1. The largest absolute Gasteiger partial charge is 0.493 e. The van der Waals surface area contributed by atoms with Gasteiger partial charge in [0.15, 0.2) is 0 Å². The highest BCUT2D eigenvalue weighted by Crippen LogP contribution is 2.46. The zero-order valence-corrected chi connectivity index (χ0v) is 32.4. The summed E-state index contributed by atoms with van der Waals surface area (Å²) in [6, 6.07) is 16.8. The Morgan fingerprint density at radius 1 is 0.902 bits per heavy atom. The lowest BCUT2D eigenvalue weighted by atomic mass is 9.93. The predicted molar refractivity (Wildman–Crippen MR) is 204 cm³/mol. The number of rotatable bonds is 10. The van der Waals surface area contributed by atoms with Crippen molar-refractivity contribution in [2.75, 3.05) is 64.4 Å². The lowest BCUT2D eigenvalue weighted by Crippen LogP contribution is -2.54. The van der Waals surface area contributed by atoms with Crippen molar-refractivity contribution in [3.05, 3.63) is 93.0 Å². The quantitative estimate of drug-likeness (QED) is 0.232. The topological polar surface area (TPSA) is 103 Å². The van der Waals surface area contributed by atoms with Crippen LogP contribution in [0.4, 0.5) is 4.79 Å². The van der Waals surface area contributed by atoms with Crippen LogP contribution in [0.1, 0.15) is 60.5 Å². The number of aliphatic imine (C=N–C) groups is 1. The van der Waals surface area contributed by atoms with E-state index in [9.17, 15) is 17.4 Å². The van der Waals surface area contributed by atoms with Gasteiger partial charge in [0.25, 0.3) is 0 Å². The van der Waals surface area contributed by atoms with Crippen molar-refractivity contribution in [3.8, 4) is 5.75 Å². The molecule has 0 bridgehead atoms. The average molecular weight is 775 g/mol. The molecule has 10 nitrogen and oxygen atoms in total. The van der Waals surface area contributed by atoms with Crippen molar-refractivity contribution < 1.29 is 22.2 Å². The van der Waals surface area contributed by atoms with E-state index in [2.05, 4.69) is 4.90 Å². The summed E-state index contributed by atoms with van der Waals surface area (Å²) in [6.45, 7) is 7.84. The van der Waals surface area contributed by atoms with E-state index in [0.717, 1.165) is 30.4 Å². The first-order valence-corrected chi connectivity index (χ1v) is 21.4. The summed E-state index contributed by atoms with van der Waals surface area (Å²) in [7, 11) is -4.74. The molecule has 51 heavy (non-hydrogen) atoms. The minimum Gasteiger partial charge on any atom is -0.493 e. The van der Waals surface area contributed by atoms with Gasteiger partial charge in [-0.3, -0.25) is 19.0 Å². The molecule has 14 heteroatoms. The minimum absolute atomic E-state index is 0.179. The number of benzene rings is 3. The first-order chi connectivity index (χ1) is 24.5. The van der Waals surface area contributed by atoms with Gasteiger partial charge in [0.1, 0.15) is 17.6 Å². The molecule has 1 unspecified atom stereocenters. The highest BCUT2D eigenvalue weighted by atomic mass is 35.5. The van der Waals surface area contributed by atoms with Crippen molar-refractivity contribution in [2.45, 2.75) is 50.1 Å². The molecule has 3 aliphatic heterocycles. The number of nitrogens with zero attached hydrogens (tertiary/aromatic N) is 5. The minimum atomic E-state index is -3.84. The molecule has 3 heterocycles. The number of aryl methyl sites for hydroxylation is 1. The van der Waals surface area contributed by atoms with E-state index in [0.29, 0.717) is 90.9 Å². The second-order valence-electron chi connectivity index (χ2n) is 13.2. The Morgan fingerprint density at radius 2 is 1.51 bits per heavy atom. The maximum atomic E-state index is 15.0. The van der Waals surface area contributed by atoms with Crippen molar-refractivity contribution in [1.29, 1.82) is 0 Å². The van der Waals surface area contributed by atoms with Gasteiger partial charge < -0.3 is 9.64 Å². The van der Waals surface area contributed by atoms with Crippen LogP contribution in [-0.4, -0.2) is 108 Å². The number of carbonyl (C=O) groups excluding carboxylic acids is 1. The lowest BCUT2D eigenvalue weighted by molar-refractivity contribution is 0.122. The van der Waals surface area contributed by atoms with E-state index in [4.69, 9.17) is 32.9 Å². The fourth-order valence-electron chi connectivity index (χ4n) is 7.06. The zero-order chi connectivity index (χ0) is 36.3. The summed E-state index contributed by atoms with van der Waals surface area (Å²) in [6.07, 6.45) is 4.32. The number of amides is 2. The Kier molecular flexibility index (Phi) is 12.1. The predicted octanol–water partition coefficient (Wildman–Crippen LogP) is 6.54. The van der Waals surface area contributed by atoms with E-state index in [1.54, 1.807) is 58.8 Å². The molecular weight excluding hydrogens is 729 g/mol. The molecule has 2 fully saturated rings. The Balaban J connectivity index is 1.50. The molecule has 0 aliphatic carbocycles. The Bertz CT molecular complexity index is 1880. The summed E-state index contributed by atoms with van der Waals surface area (Å²) in [4.78, 5) is 26.2. The van der Waals surface area contributed by atoms with Gasteiger partial charge in [-0.15, -0.1) is 0 Å². The van der Waals surface area contributed by atoms with E-state index in [1.807, 2.05) is 36.1 Å². The van der Waals surface area contributed by atoms with Crippen LogP contribution in [0.3, 0.4) is 0 Å². The maximum absolute atomic E-state index is 15.0. The number of ether oxygens (including phenoxy) is 1. The summed E-state index contributed by atoms with van der Waals surface area (Å²) >= 11 is 12.7. The molecule has 3 atom stereocenters. The van der Waals surface area contributed by atoms with Crippen LogP contribution in [0.25, 0.3) is 0 Å². The second kappa shape index (κ2) is 16.3. The normalized spacial score (nSPS) is 21.1. The van der Waals surface area contributed by atoms with Gasteiger partial charge in [0, 0.05) is 78.7 Å². The van der Waals surface area contributed by atoms with Crippen molar-refractivity contribution in [3.63, 3.8) is 0 Å². The molecule has 0 spiro atoms. The number of carbonyl (C=O) groups is 1. The molecule has 3 aliphatic rings. The number of sulfonamides is 1. The Hall–Kier alpha value is -3.00. The smallest absolute Gasteiger partial charge is 0.326 e. The van der Waals surface area contributed by atoms with Crippen LogP contribution in [-0.2, 0) is 20.8 Å². The van der Waals surface area contributed by atoms with E-state index >= 15 is 0 Å². The summed E-state index contributed by atoms with van der Waals surface area (Å²) in [5.41, 5.74) is 2.67. The van der Waals surface area contributed by atoms with Gasteiger partial charge in [-0.2, -0.15) is 4.31 Å². The molecule has 2 amide bonds. The summed E-state index contributed by atoms with van der Waals surface area (Å²) in [5, 5.41) is 1.14. The number of piperidine rings is 1. The SMILES string of the molecule is CCOc1cc(C)c(S(=O)(=O)N2CCCCC2)cc1C1=N[C@@H](c2ccc(Cl)cc2)[C@@H](c2ccc(Cl)cc2)N1C(=O)N1CCN(CCS(C)=O)CC1. The third-order valence-electron chi connectivity index (χ3n) is 9.78. The molecular formula is C37H45Cl2N5O5S2. The van der Waals surface area contributed by atoms with Crippen molar-refractivity contribution in [1.82, 2.24) is 19.0 Å². The standard InChI is InChI=1S/C37H45Cl2N5O5S2/c1-4-49-32-24-26(2)33(51(47,48)43-16-6-5-7-17-43)25-31(32)36-40-34(27-8-12-29(38)13-9-27)35(28-10-14-30(39)15-11-28)44(36)37(45)42-20-18-41(19-21-42)22-23-50(3)46/h8-15,24-25,34-35H,4-7,16-23H2,1-3H3/t34-,35+,50?/m0/s1. The monoisotopic (exact) mass is 773 g/mol. The Morgan fingerprint density at radius 3 is 2.10 bits per heavy atom. The van der Waals surface area contributed by atoms with Crippen LogP contribution < -0.4 is 4.74 Å². The number of urea groups is 1. The summed E-state index contributed by atoms with van der Waals surface area (Å²) in [5.74, 6) is 1.37. The maximum Gasteiger partial charge on any atom is 0.326 e. The number of hydrogen-bond acceptors (Lipinski definition) is 7. The second-order valence-corrected chi connectivity index (χ2v) is 17.5. The molecule has 0 saturated carbocycles. The fourth-order valence-corrected chi connectivity index (χ4v) is 9.58. The van der Waals surface area contributed by atoms with Gasteiger partial charge in [-0.05, 0) is 79.8 Å². The Labute approximate surface area is 313 Å². The summed E-state index contributed by atoms with van der Waals surface area (Å²) < 4.78 is 47.9. The van der Waals surface area contributed by atoms with Gasteiger partial charge in [-0.25, -0.2) is 13.2 Å². The van der Waals surface area contributed by atoms with Gasteiger partial charge in [-0.1, -0.05) is 53.9 Å². The number of halogens is 2. The molecule has 6 rings (SSSR count). The van der Waals surface area contributed by atoms with Crippen molar-refractivity contribution >= 4 is 55.9 Å². The van der Waals surface area contributed by atoms with Crippen molar-refractivity contribution in [2.24, 2.45) is 4.99 Å². The molecule has 2 saturated heterocycles. The van der Waals surface area contributed by atoms with Crippen LogP contribution in [0.2, 0.25) is 10.0 Å². The van der Waals surface area contributed by atoms with Crippen LogP contribution in [0, 0.1) is 6.92 Å². The van der Waals surface area contributed by atoms with Crippen LogP contribution in [0.5, 0.6) is 5.75 Å². The van der Waals surface area contributed by atoms with Crippen LogP contribution in [0.15, 0.2) is 70.6 Å². The lowest BCUT2D eigenvalue weighted by Gasteiger charge is -2.39. The van der Waals surface area contributed by atoms with Crippen LogP contribution >= 0.6 is 23.2 Å². The zero-order valence-electron chi connectivity index (χ0n) is 29.3. The highest BCUT2D eigenvalue weighted by Gasteiger charge is 2.45. The first kappa shape index (κ1) is 37.7. The van der Waals surface area contributed by atoms with Gasteiger partial charge in [0.2, 0.25) is 10.0 Å². The van der Waals surface area contributed by atoms with E-state index in [1.165, 1.54) is 0 Å². The molecule has 0 aromatic heterocycles. The fraction of sp³-hybridized carbons (Fsp3) is 0.459.